The Hall–Kier alpha value is -2.63. The smallest absolute Gasteiger partial charge is 0.340 e. The number of pyridine rings is 1. The Morgan fingerprint density at radius 1 is 1.45 bits per heavy atom. The Morgan fingerprint density at radius 3 is 2.80 bits per heavy atom. The highest BCUT2D eigenvalue weighted by atomic mass is 19.1. The van der Waals surface area contributed by atoms with Gasteiger partial charge in [-0.25, -0.2) is 9.18 Å². The van der Waals surface area contributed by atoms with Crippen LogP contribution in [0.1, 0.15) is 15.9 Å². The summed E-state index contributed by atoms with van der Waals surface area (Å²) in [7, 11) is 1.71. The zero-order valence-electron chi connectivity index (χ0n) is 10.9. The summed E-state index contributed by atoms with van der Waals surface area (Å²) in [5.74, 6) is -1.99. The topological polar surface area (TPSA) is 79.5 Å². The maximum atomic E-state index is 13.4. The van der Waals surface area contributed by atoms with E-state index in [1.165, 1.54) is 6.07 Å². The zero-order chi connectivity index (χ0) is 14.7. The Bertz CT molecular complexity index is 632. The lowest BCUT2D eigenvalue weighted by atomic mass is 10.1. The van der Waals surface area contributed by atoms with Crippen molar-refractivity contribution in [2.45, 2.75) is 6.54 Å². The molecule has 0 atom stereocenters. The number of carbonyl (C=O) groups is 1. The highest BCUT2D eigenvalue weighted by Crippen LogP contribution is 2.28. The maximum Gasteiger partial charge on any atom is 0.340 e. The van der Waals surface area contributed by atoms with Crippen LogP contribution in [0.25, 0.3) is 0 Å². The summed E-state index contributed by atoms with van der Waals surface area (Å²) in [6, 6.07) is 6.24. The van der Waals surface area contributed by atoms with Crippen molar-refractivity contribution in [2.24, 2.45) is 0 Å². The Morgan fingerprint density at radius 2 is 2.20 bits per heavy atom. The van der Waals surface area contributed by atoms with Crippen molar-refractivity contribution in [2.75, 3.05) is 17.7 Å². The van der Waals surface area contributed by atoms with Gasteiger partial charge in [-0.1, -0.05) is 6.07 Å². The molecular weight excluding hydrogens is 261 g/mol. The van der Waals surface area contributed by atoms with Crippen molar-refractivity contribution >= 4 is 17.3 Å². The minimum Gasteiger partial charge on any atom is -0.478 e. The lowest BCUT2D eigenvalue weighted by Gasteiger charge is -2.22. The molecule has 0 fully saturated rings. The predicted molar refractivity (Wildman–Crippen MR) is 74.1 cm³/mol. The fraction of sp³-hybridized carbons (Fsp3) is 0.143. The Kier molecular flexibility index (Phi) is 3.84. The summed E-state index contributed by atoms with van der Waals surface area (Å²) in [5, 5.41) is 9.20. The van der Waals surface area contributed by atoms with Gasteiger partial charge in [-0.3, -0.25) is 4.98 Å². The number of carboxylic acid groups (broad SMARTS) is 1. The number of anilines is 2. The lowest BCUT2D eigenvalue weighted by molar-refractivity contribution is 0.0698. The molecule has 0 aliphatic rings. The number of hydrogen-bond donors (Lipinski definition) is 2. The van der Waals surface area contributed by atoms with E-state index in [0.29, 0.717) is 12.2 Å². The monoisotopic (exact) mass is 275 g/mol. The third-order valence-corrected chi connectivity index (χ3v) is 2.94. The first-order chi connectivity index (χ1) is 9.50. The maximum absolute atomic E-state index is 13.4. The molecule has 0 bridgehead atoms. The Labute approximate surface area is 115 Å². The van der Waals surface area contributed by atoms with Gasteiger partial charge in [0.2, 0.25) is 0 Å². The average molecular weight is 275 g/mol. The van der Waals surface area contributed by atoms with Crippen LogP contribution in [0, 0.1) is 5.82 Å². The summed E-state index contributed by atoms with van der Waals surface area (Å²) < 4.78 is 13.4. The van der Waals surface area contributed by atoms with Gasteiger partial charge in [0, 0.05) is 26.0 Å². The summed E-state index contributed by atoms with van der Waals surface area (Å²) in [6.07, 6.45) is 3.34. The molecule has 5 nitrogen and oxygen atoms in total. The molecule has 3 N–H and O–H groups in total. The van der Waals surface area contributed by atoms with Crippen molar-refractivity contribution < 1.29 is 14.3 Å². The summed E-state index contributed by atoms with van der Waals surface area (Å²) >= 11 is 0. The van der Waals surface area contributed by atoms with Crippen molar-refractivity contribution in [3.8, 4) is 0 Å². The van der Waals surface area contributed by atoms with Crippen molar-refractivity contribution in [3.63, 3.8) is 0 Å². The minimum absolute atomic E-state index is 0.226. The number of nitrogens with two attached hydrogens (primary N) is 1. The van der Waals surface area contributed by atoms with E-state index >= 15 is 0 Å². The van der Waals surface area contributed by atoms with Gasteiger partial charge in [0.1, 0.15) is 11.4 Å². The molecule has 0 radical (unpaired) electrons. The number of aromatic nitrogens is 1. The second-order valence-electron chi connectivity index (χ2n) is 4.38. The molecule has 0 aliphatic heterocycles. The zero-order valence-corrected chi connectivity index (χ0v) is 10.9. The number of carboxylic acids is 1. The number of aromatic carboxylic acids is 1. The normalized spacial score (nSPS) is 10.3. The number of benzene rings is 1. The number of nitrogen functional groups attached to an aromatic ring is 1. The van der Waals surface area contributed by atoms with Gasteiger partial charge in [0.15, 0.2) is 0 Å². The lowest BCUT2D eigenvalue weighted by Crippen LogP contribution is -2.21. The molecule has 0 saturated heterocycles. The van der Waals surface area contributed by atoms with E-state index in [2.05, 4.69) is 4.98 Å². The molecule has 1 heterocycles. The van der Waals surface area contributed by atoms with Crippen LogP contribution >= 0.6 is 0 Å². The van der Waals surface area contributed by atoms with E-state index in [1.807, 2.05) is 6.07 Å². The molecule has 104 valence electrons. The molecule has 6 heteroatoms. The van der Waals surface area contributed by atoms with Crippen LogP contribution in [0.4, 0.5) is 15.8 Å². The van der Waals surface area contributed by atoms with E-state index in [9.17, 15) is 14.3 Å². The van der Waals surface area contributed by atoms with Crippen LogP contribution in [0.2, 0.25) is 0 Å². The quantitative estimate of drug-likeness (QED) is 0.836. The van der Waals surface area contributed by atoms with Crippen LogP contribution in [0.3, 0.4) is 0 Å². The Balaban J connectivity index is 2.37. The highest BCUT2D eigenvalue weighted by molar-refractivity contribution is 6.00. The largest absolute Gasteiger partial charge is 0.478 e. The van der Waals surface area contributed by atoms with Gasteiger partial charge < -0.3 is 15.7 Å². The number of halogens is 1. The predicted octanol–water partition coefficient (Wildman–Crippen LogP) is 2.14. The number of nitrogens with zero attached hydrogens (tertiary/aromatic N) is 2. The molecule has 20 heavy (non-hydrogen) atoms. The van der Waals surface area contributed by atoms with Gasteiger partial charge in [-0.05, 0) is 23.8 Å². The molecule has 0 aliphatic carbocycles. The van der Waals surface area contributed by atoms with Crippen molar-refractivity contribution in [1.29, 1.82) is 0 Å². The molecule has 2 rings (SSSR count). The molecular formula is C14H14FN3O2. The standard InChI is InChI=1S/C14H14FN3O2/c1-18(8-9-3-2-6-17-7-9)11-5-4-10(15)13(16)12(11)14(19)20/h2-7H,8,16H2,1H3,(H,19,20). The SMILES string of the molecule is CN(Cc1cccnc1)c1ccc(F)c(N)c1C(=O)O. The minimum atomic E-state index is -1.25. The van der Waals surface area contributed by atoms with Gasteiger partial charge in [-0.2, -0.15) is 0 Å². The van der Waals surface area contributed by atoms with E-state index in [0.717, 1.165) is 11.6 Å². The van der Waals surface area contributed by atoms with Crippen LogP contribution in [-0.2, 0) is 6.54 Å². The van der Waals surface area contributed by atoms with E-state index in [1.54, 1.807) is 30.4 Å². The molecule has 0 amide bonds. The molecule has 1 aromatic heterocycles. The third-order valence-electron chi connectivity index (χ3n) is 2.94. The summed E-state index contributed by atoms with van der Waals surface area (Å²) in [5.41, 5.74) is 6.21. The van der Waals surface area contributed by atoms with E-state index in [-0.39, 0.29) is 11.3 Å². The van der Waals surface area contributed by atoms with E-state index < -0.39 is 11.8 Å². The van der Waals surface area contributed by atoms with Gasteiger partial charge in [-0.15, -0.1) is 0 Å². The summed E-state index contributed by atoms with van der Waals surface area (Å²) in [6.45, 7) is 0.444. The first-order valence-corrected chi connectivity index (χ1v) is 5.92. The second-order valence-corrected chi connectivity index (χ2v) is 4.38. The highest BCUT2D eigenvalue weighted by Gasteiger charge is 2.19. The summed E-state index contributed by atoms with van der Waals surface area (Å²) in [4.78, 5) is 16.9. The number of rotatable bonds is 4. The third kappa shape index (κ3) is 2.69. The van der Waals surface area contributed by atoms with Crippen molar-refractivity contribution in [1.82, 2.24) is 4.98 Å². The molecule has 0 spiro atoms. The number of hydrogen-bond acceptors (Lipinski definition) is 4. The molecule has 1 aromatic carbocycles. The van der Waals surface area contributed by atoms with Crippen molar-refractivity contribution in [3.05, 3.63) is 53.6 Å². The molecule has 0 saturated carbocycles. The van der Waals surface area contributed by atoms with Crippen LogP contribution < -0.4 is 10.6 Å². The first kappa shape index (κ1) is 13.8. The van der Waals surface area contributed by atoms with Crippen LogP contribution in [-0.4, -0.2) is 23.1 Å². The molecule has 2 aromatic rings. The second kappa shape index (κ2) is 5.56. The average Bonchev–Trinajstić information content (AvgIpc) is 2.42. The van der Waals surface area contributed by atoms with Crippen LogP contribution in [0.5, 0.6) is 0 Å². The fourth-order valence-electron chi connectivity index (χ4n) is 1.98. The van der Waals surface area contributed by atoms with E-state index in [4.69, 9.17) is 5.73 Å². The molecule has 0 unspecified atom stereocenters. The van der Waals surface area contributed by atoms with Gasteiger partial charge in [0.05, 0.1) is 11.4 Å². The first-order valence-electron chi connectivity index (χ1n) is 5.92. The fourth-order valence-corrected chi connectivity index (χ4v) is 1.98. The van der Waals surface area contributed by atoms with Gasteiger partial charge in [0.25, 0.3) is 0 Å². The van der Waals surface area contributed by atoms with Crippen LogP contribution in [0.15, 0.2) is 36.7 Å². The van der Waals surface area contributed by atoms with Gasteiger partial charge >= 0.3 is 5.97 Å².